The van der Waals surface area contributed by atoms with Crippen LogP contribution >= 0.6 is 0 Å². The number of carbonyl (C=O) groups is 1. The molecule has 3 aromatic rings. The topological polar surface area (TPSA) is 102 Å². The molecule has 0 radical (unpaired) electrons. The average molecular weight is 551 g/mol. The number of aromatic nitrogens is 2. The number of alkyl halides is 3. The fourth-order valence-electron chi connectivity index (χ4n) is 3.90. The Hall–Kier alpha value is -3.55. The molecule has 0 bridgehead atoms. The fourth-order valence-corrected chi connectivity index (χ4v) is 5.50. The lowest BCUT2D eigenvalue weighted by Gasteiger charge is -2.27. The highest BCUT2D eigenvalue weighted by molar-refractivity contribution is 7.89. The van der Waals surface area contributed by atoms with E-state index >= 15 is 0 Å². The summed E-state index contributed by atoms with van der Waals surface area (Å²) in [7, 11) is -3.02. The Labute approximate surface area is 217 Å². The van der Waals surface area contributed by atoms with Crippen molar-refractivity contribution in [3.63, 3.8) is 0 Å². The van der Waals surface area contributed by atoms with Gasteiger partial charge >= 0.3 is 6.18 Å². The van der Waals surface area contributed by atoms with Crippen LogP contribution in [0.25, 0.3) is 0 Å². The third-order valence-corrected chi connectivity index (χ3v) is 7.66. The van der Waals surface area contributed by atoms with Crippen molar-refractivity contribution in [3.05, 3.63) is 83.4 Å². The van der Waals surface area contributed by atoms with Gasteiger partial charge in [0.2, 0.25) is 15.8 Å². The molecule has 1 amide bonds. The van der Waals surface area contributed by atoms with Gasteiger partial charge in [0, 0.05) is 49.7 Å². The molecule has 2 aromatic carbocycles. The molecule has 0 aliphatic carbocycles. The molecule has 9 nitrogen and oxygen atoms in total. The number of rotatable bonds is 8. The van der Waals surface area contributed by atoms with Crippen LogP contribution in [0.1, 0.15) is 27.3 Å². The number of hydrogen-bond acceptors (Lipinski definition) is 7. The van der Waals surface area contributed by atoms with E-state index in [1.54, 1.807) is 35.2 Å². The monoisotopic (exact) mass is 550 g/mol. The van der Waals surface area contributed by atoms with Crippen LogP contribution in [0.5, 0.6) is 5.75 Å². The zero-order chi connectivity index (χ0) is 27.3. The third-order valence-electron chi connectivity index (χ3n) is 5.85. The van der Waals surface area contributed by atoms with Gasteiger partial charge in [-0.1, -0.05) is 30.3 Å². The molecule has 0 atom stereocenters. The second-order valence-electron chi connectivity index (χ2n) is 8.44. The van der Waals surface area contributed by atoms with Crippen molar-refractivity contribution in [1.29, 1.82) is 0 Å². The SMILES string of the molecule is COc1ccc(C(=O)N2CCOCC2)cc1S(=O)(=O)N(Cc1ccccc1)Cc1cnc(C(F)(F)F)nc1. The first-order valence-electron chi connectivity index (χ1n) is 11.6. The number of carbonyl (C=O) groups excluding carboxylic acids is 1. The van der Waals surface area contributed by atoms with Crippen molar-refractivity contribution in [2.75, 3.05) is 33.4 Å². The number of benzene rings is 2. The number of hydrogen-bond donors (Lipinski definition) is 0. The number of ether oxygens (including phenoxy) is 2. The maximum atomic E-state index is 14.0. The van der Waals surface area contributed by atoms with Crippen LogP contribution in [-0.4, -0.2) is 66.9 Å². The van der Waals surface area contributed by atoms with E-state index in [0.29, 0.717) is 31.9 Å². The van der Waals surface area contributed by atoms with E-state index < -0.39 is 22.0 Å². The van der Waals surface area contributed by atoms with Gasteiger partial charge in [-0.2, -0.15) is 17.5 Å². The van der Waals surface area contributed by atoms with Crippen LogP contribution in [0, 0.1) is 0 Å². The van der Waals surface area contributed by atoms with Crippen molar-refractivity contribution in [3.8, 4) is 5.75 Å². The summed E-state index contributed by atoms with van der Waals surface area (Å²) in [6.45, 7) is 1.09. The van der Waals surface area contributed by atoms with E-state index in [9.17, 15) is 26.4 Å². The van der Waals surface area contributed by atoms with E-state index in [1.165, 1.54) is 25.3 Å². The lowest BCUT2D eigenvalue weighted by atomic mass is 10.2. The first-order chi connectivity index (χ1) is 18.1. The molecule has 0 saturated carbocycles. The van der Waals surface area contributed by atoms with Crippen LogP contribution < -0.4 is 4.74 Å². The molecular weight excluding hydrogens is 525 g/mol. The maximum Gasteiger partial charge on any atom is 0.451 e. The van der Waals surface area contributed by atoms with Crippen molar-refractivity contribution in [2.24, 2.45) is 0 Å². The number of nitrogens with zero attached hydrogens (tertiary/aromatic N) is 4. The van der Waals surface area contributed by atoms with Gasteiger partial charge in [-0.15, -0.1) is 0 Å². The van der Waals surface area contributed by atoms with Crippen LogP contribution in [0.2, 0.25) is 0 Å². The van der Waals surface area contributed by atoms with Crippen molar-refractivity contribution in [1.82, 2.24) is 19.2 Å². The highest BCUT2D eigenvalue weighted by atomic mass is 32.2. The smallest absolute Gasteiger partial charge is 0.451 e. The molecule has 1 saturated heterocycles. The van der Waals surface area contributed by atoms with Crippen LogP contribution in [-0.2, 0) is 34.0 Å². The maximum absolute atomic E-state index is 14.0. The third kappa shape index (κ3) is 6.29. The summed E-state index contributed by atoms with van der Waals surface area (Å²) >= 11 is 0. The van der Waals surface area contributed by atoms with Gasteiger partial charge in [-0.25, -0.2) is 18.4 Å². The minimum absolute atomic E-state index is 0.0188. The van der Waals surface area contributed by atoms with E-state index in [-0.39, 0.29) is 40.8 Å². The molecule has 13 heteroatoms. The van der Waals surface area contributed by atoms with Gasteiger partial charge < -0.3 is 14.4 Å². The second kappa shape index (κ2) is 11.5. The Morgan fingerprint density at radius 1 is 1.03 bits per heavy atom. The normalized spacial score (nSPS) is 14.5. The molecule has 1 fully saturated rings. The Morgan fingerprint density at radius 2 is 1.66 bits per heavy atom. The highest BCUT2D eigenvalue weighted by Crippen LogP contribution is 2.31. The van der Waals surface area contributed by atoms with Gasteiger partial charge in [-0.3, -0.25) is 4.79 Å². The standard InChI is InChI=1S/C25H25F3N4O5S/c1-36-21-8-7-20(23(33)31-9-11-37-12-10-31)13-22(21)38(34,35)32(16-18-5-3-2-4-6-18)17-19-14-29-24(30-15-19)25(26,27)28/h2-8,13-15H,9-12,16-17H2,1H3. The summed E-state index contributed by atoms with van der Waals surface area (Å²) < 4.78 is 78.4. The largest absolute Gasteiger partial charge is 0.495 e. The molecule has 38 heavy (non-hydrogen) atoms. The van der Waals surface area contributed by atoms with Crippen LogP contribution in [0.4, 0.5) is 13.2 Å². The summed E-state index contributed by atoms with van der Waals surface area (Å²) in [6, 6.07) is 12.8. The molecule has 1 aromatic heterocycles. The summed E-state index contributed by atoms with van der Waals surface area (Å²) in [5, 5.41) is 0. The predicted octanol–water partition coefficient (Wildman–Crippen LogP) is 3.37. The van der Waals surface area contributed by atoms with E-state index in [4.69, 9.17) is 9.47 Å². The van der Waals surface area contributed by atoms with Crippen molar-refractivity contribution in [2.45, 2.75) is 24.2 Å². The summed E-state index contributed by atoms with van der Waals surface area (Å²) in [5.74, 6) is -1.65. The van der Waals surface area contributed by atoms with Crippen molar-refractivity contribution >= 4 is 15.9 Å². The van der Waals surface area contributed by atoms with Gasteiger partial charge in [0.1, 0.15) is 10.6 Å². The van der Waals surface area contributed by atoms with E-state index in [1.807, 2.05) is 0 Å². The lowest BCUT2D eigenvalue weighted by molar-refractivity contribution is -0.145. The first kappa shape index (κ1) is 27.5. The Kier molecular flexibility index (Phi) is 8.29. The predicted molar refractivity (Wildman–Crippen MR) is 130 cm³/mol. The Balaban J connectivity index is 1.72. The zero-order valence-corrected chi connectivity index (χ0v) is 21.2. The number of morpholine rings is 1. The Morgan fingerprint density at radius 3 is 2.26 bits per heavy atom. The van der Waals surface area contributed by atoms with Crippen LogP contribution in [0.15, 0.2) is 65.8 Å². The molecule has 1 aliphatic rings. The lowest BCUT2D eigenvalue weighted by Crippen LogP contribution is -2.40. The van der Waals surface area contributed by atoms with Crippen LogP contribution in [0.3, 0.4) is 0 Å². The molecule has 202 valence electrons. The minimum atomic E-state index is -4.73. The molecule has 0 N–H and O–H groups in total. The van der Waals surface area contributed by atoms with Gasteiger partial charge in [-0.05, 0) is 23.8 Å². The number of sulfonamides is 1. The molecule has 0 unspecified atom stereocenters. The highest BCUT2D eigenvalue weighted by Gasteiger charge is 2.35. The number of amides is 1. The Bertz CT molecular complexity index is 1360. The van der Waals surface area contributed by atoms with Gasteiger partial charge in [0.05, 0.1) is 20.3 Å². The quantitative estimate of drug-likeness (QED) is 0.424. The summed E-state index contributed by atoms with van der Waals surface area (Å²) in [6.07, 6.45) is -2.84. The summed E-state index contributed by atoms with van der Waals surface area (Å²) in [4.78, 5) is 21.1. The zero-order valence-electron chi connectivity index (χ0n) is 20.4. The minimum Gasteiger partial charge on any atom is -0.495 e. The van der Waals surface area contributed by atoms with Gasteiger partial charge in [0.25, 0.3) is 5.91 Å². The molecule has 4 rings (SSSR count). The molecule has 2 heterocycles. The van der Waals surface area contributed by atoms with Gasteiger partial charge in [0.15, 0.2) is 0 Å². The van der Waals surface area contributed by atoms with E-state index in [0.717, 1.165) is 16.7 Å². The number of halogens is 3. The van der Waals surface area contributed by atoms with E-state index in [2.05, 4.69) is 9.97 Å². The molecule has 1 aliphatic heterocycles. The fraction of sp³-hybridized carbons (Fsp3) is 0.320. The second-order valence-corrected chi connectivity index (χ2v) is 10.3. The van der Waals surface area contributed by atoms with Crippen molar-refractivity contribution < 1.29 is 35.9 Å². The summed E-state index contributed by atoms with van der Waals surface area (Å²) in [5.41, 5.74) is 0.948. The number of methoxy groups -OCH3 is 1. The first-order valence-corrected chi connectivity index (χ1v) is 13.0. The average Bonchev–Trinajstić information content (AvgIpc) is 2.92. The molecular formula is C25H25F3N4O5S. The molecule has 0 spiro atoms.